The summed E-state index contributed by atoms with van der Waals surface area (Å²) in [5.41, 5.74) is 6.30. The molecule has 3 unspecified atom stereocenters. The molecule has 4 rings (SSSR count). The maximum Gasteiger partial charge on any atom is 0.329 e. The zero-order valence-electron chi connectivity index (χ0n) is 36.9. The maximum atomic E-state index is 14.7. The molecule has 0 aromatic heterocycles. The average molecular weight is 884 g/mol. The van der Waals surface area contributed by atoms with Crippen molar-refractivity contribution in [3.63, 3.8) is 0 Å². The molecule has 19 nitrogen and oxygen atoms in total. The SMILES string of the molecule is CC[C@H](C)[C@@H]1NC(=O)[C@H](Cc2ccccc2)N(C)C(=O)[C@H](C(C)C)N2C(=O)C(CC[C@H]2O)NC(=O)[C@H](CC2C=C[C@H](O)CC2)NC(=O)[C@@H](NC(=O)CCC(N)C(=O)O)[C@@H](C)OC1=O. The third kappa shape index (κ3) is 13.3. The Morgan fingerprint density at radius 1 is 0.905 bits per heavy atom. The number of cyclic esters (lactones) is 1. The Morgan fingerprint density at radius 2 is 1.59 bits per heavy atom. The second-order valence-corrected chi connectivity index (χ2v) is 17.3. The number of piperidine rings is 1. The second kappa shape index (κ2) is 22.8. The Morgan fingerprint density at radius 3 is 2.19 bits per heavy atom. The summed E-state index contributed by atoms with van der Waals surface area (Å²) in [6.45, 7) is 8.19. The number of amides is 6. The van der Waals surface area contributed by atoms with Gasteiger partial charge in [0, 0.05) is 19.9 Å². The molecule has 348 valence electrons. The number of carboxylic acid groups (broad SMARTS) is 1. The summed E-state index contributed by atoms with van der Waals surface area (Å²) >= 11 is 0. The van der Waals surface area contributed by atoms with Crippen LogP contribution in [0.4, 0.5) is 0 Å². The Kier molecular flexibility index (Phi) is 18.2. The molecule has 1 aromatic carbocycles. The van der Waals surface area contributed by atoms with Gasteiger partial charge < -0.3 is 56.9 Å². The van der Waals surface area contributed by atoms with Gasteiger partial charge in [-0.05, 0) is 68.8 Å². The molecule has 3 aliphatic rings. The van der Waals surface area contributed by atoms with Crippen LogP contribution in [0.25, 0.3) is 0 Å². The summed E-state index contributed by atoms with van der Waals surface area (Å²) in [6, 6.07) is -0.703. The number of carbonyl (C=O) groups excluding carboxylic acids is 7. The lowest BCUT2D eigenvalue weighted by Crippen LogP contribution is -2.66. The van der Waals surface area contributed by atoms with Gasteiger partial charge in [0.05, 0.1) is 6.10 Å². The topological polar surface area (TPSA) is 287 Å². The van der Waals surface area contributed by atoms with Crippen LogP contribution in [0.2, 0.25) is 0 Å². The lowest BCUT2D eigenvalue weighted by atomic mass is 9.88. The number of rotatable bonds is 12. The zero-order valence-corrected chi connectivity index (χ0v) is 36.9. The van der Waals surface area contributed by atoms with Crippen molar-refractivity contribution in [1.29, 1.82) is 0 Å². The largest absolute Gasteiger partial charge is 0.480 e. The van der Waals surface area contributed by atoms with E-state index in [-0.39, 0.29) is 38.0 Å². The number of carboxylic acids is 1. The van der Waals surface area contributed by atoms with Gasteiger partial charge in [0.15, 0.2) is 0 Å². The van der Waals surface area contributed by atoms with Gasteiger partial charge in [-0.25, -0.2) is 4.79 Å². The second-order valence-electron chi connectivity index (χ2n) is 17.3. The van der Waals surface area contributed by atoms with E-state index in [2.05, 4.69) is 21.3 Å². The molecule has 2 bridgehead atoms. The molecule has 1 aliphatic carbocycles. The molecule has 0 saturated carbocycles. The van der Waals surface area contributed by atoms with Gasteiger partial charge in [-0.3, -0.25) is 33.6 Å². The van der Waals surface area contributed by atoms with Crippen molar-refractivity contribution in [1.82, 2.24) is 31.1 Å². The van der Waals surface area contributed by atoms with Crippen LogP contribution < -0.4 is 27.0 Å². The molecule has 6 amide bonds. The van der Waals surface area contributed by atoms with Crippen molar-refractivity contribution in [3.05, 3.63) is 48.0 Å². The van der Waals surface area contributed by atoms with Gasteiger partial charge in [0.2, 0.25) is 35.4 Å². The summed E-state index contributed by atoms with van der Waals surface area (Å²) in [5.74, 6) is -8.53. The molecular formula is C44H65N7O12. The van der Waals surface area contributed by atoms with Gasteiger partial charge in [-0.15, -0.1) is 0 Å². The molecule has 63 heavy (non-hydrogen) atoms. The fraction of sp³-hybridized carbons (Fsp3) is 0.636. The number of nitrogens with zero attached hydrogens (tertiary/aromatic N) is 2. The van der Waals surface area contributed by atoms with Gasteiger partial charge in [0.1, 0.15) is 54.6 Å². The molecule has 2 fully saturated rings. The molecule has 2 saturated heterocycles. The van der Waals surface area contributed by atoms with Gasteiger partial charge >= 0.3 is 11.9 Å². The van der Waals surface area contributed by atoms with Crippen molar-refractivity contribution in [2.75, 3.05) is 7.05 Å². The Balaban J connectivity index is 1.84. The molecule has 19 heteroatoms. The highest BCUT2D eigenvalue weighted by molar-refractivity contribution is 5.98. The van der Waals surface area contributed by atoms with Crippen LogP contribution in [0.5, 0.6) is 0 Å². The molecule has 12 atom stereocenters. The van der Waals surface area contributed by atoms with E-state index in [0.717, 1.165) is 4.90 Å². The number of carbonyl (C=O) groups is 8. The number of hydrogen-bond donors (Lipinski definition) is 8. The maximum absolute atomic E-state index is 14.7. The van der Waals surface area contributed by atoms with Crippen molar-refractivity contribution in [3.8, 4) is 0 Å². The third-order valence-corrected chi connectivity index (χ3v) is 12.2. The van der Waals surface area contributed by atoms with E-state index in [4.69, 9.17) is 10.5 Å². The normalized spacial score (nSPS) is 30.2. The van der Waals surface area contributed by atoms with Crippen molar-refractivity contribution in [2.24, 2.45) is 23.5 Å². The first kappa shape index (κ1) is 50.2. The summed E-state index contributed by atoms with van der Waals surface area (Å²) in [7, 11) is 1.41. The molecular weight excluding hydrogens is 819 g/mol. The van der Waals surface area contributed by atoms with E-state index in [0.29, 0.717) is 24.8 Å². The lowest BCUT2D eigenvalue weighted by molar-refractivity contribution is -0.167. The van der Waals surface area contributed by atoms with E-state index in [1.807, 2.05) is 0 Å². The van der Waals surface area contributed by atoms with E-state index in [9.17, 15) is 53.7 Å². The van der Waals surface area contributed by atoms with Gasteiger partial charge in [-0.2, -0.15) is 0 Å². The van der Waals surface area contributed by atoms with Crippen LogP contribution in [0, 0.1) is 17.8 Å². The fourth-order valence-electron chi connectivity index (χ4n) is 8.11. The van der Waals surface area contributed by atoms with Gasteiger partial charge in [-0.1, -0.05) is 76.6 Å². The van der Waals surface area contributed by atoms with Crippen LogP contribution in [0.1, 0.15) is 91.5 Å². The lowest BCUT2D eigenvalue weighted by Gasteiger charge is -2.44. The summed E-state index contributed by atoms with van der Waals surface area (Å²) in [4.78, 5) is 113. The summed E-state index contributed by atoms with van der Waals surface area (Å²) < 4.78 is 5.86. The quantitative estimate of drug-likeness (QED) is 0.100. The monoisotopic (exact) mass is 883 g/mol. The molecule has 2 aliphatic heterocycles. The minimum atomic E-state index is -1.67. The number of aliphatic hydroxyl groups is 2. The van der Waals surface area contributed by atoms with Crippen molar-refractivity contribution in [2.45, 2.75) is 153 Å². The number of ether oxygens (including phenoxy) is 1. The highest BCUT2D eigenvalue weighted by Gasteiger charge is 2.47. The van der Waals surface area contributed by atoms with Crippen LogP contribution in [-0.2, 0) is 49.5 Å². The smallest absolute Gasteiger partial charge is 0.329 e. The first-order valence-electron chi connectivity index (χ1n) is 21.8. The number of fused-ring (bicyclic) bond motifs is 2. The van der Waals surface area contributed by atoms with Crippen LogP contribution in [0.3, 0.4) is 0 Å². The number of aliphatic carboxylic acids is 1. The molecule has 0 radical (unpaired) electrons. The van der Waals surface area contributed by atoms with E-state index < -0.39 is 126 Å². The van der Waals surface area contributed by atoms with Crippen molar-refractivity contribution < 1.29 is 58.4 Å². The molecule has 1 aromatic rings. The minimum absolute atomic E-state index is 0.00999. The van der Waals surface area contributed by atoms with Crippen LogP contribution in [-0.4, -0.2) is 140 Å². The Hall–Kier alpha value is -5.40. The first-order valence-corrected chi connectivity index (χ1v) is 21.8. The third-order valence-electron chi connectivity index (χ3n) is 12.2. The number of likely N-dealkylation sites (N-methyl/N-ethyl adjacent to an activating group) is 1. The Bertz CT molecular complexity index is 1850. The molecule has 0 spiro atoms. The van der Waals surface area contributed by atoms with Crippen molar-refractivity contribution >= 4 is 47.4 Å². The number of hydrogen-bond acceptors (Lipinski definition) is 12. The number of nitrogens with two attached hydrogens (primary N) is 1. The van der Waals surface area contributed by atoms with E-state index in [1.165, 1.54) is 18.9 Å². The number of aliphatic hydroxyl groups excluding tert-OH is 2. The van der Waals surface area contributed by atoms with Crippen LogP contribution in [0.15, 0.2) is 42.5 Å². The minimum Gasteiger partial charge on any atom is -0.480 e. The van der Waals surface area contributed by atoms with E-state index in [1.54, 1.807) is 70.2 Å². The number of nitrogens with one attached hydrogen (secondary N) is 4. The predicted octanol–water partition coefficient (Wildman–Crippen LogP) is -0.139. The predicted molar refractivity (Wildman–Crippen MR) is 227 cm³/mol. The fourth-order valence-corrected chi connectivity index (χ4v) is 8.11. The standard InChI is InChI=1S/C44H65N7O12/c1-7-24(4)35-44(62)63-25(5)36(48-33(53)19-17-29(45)43(60)61)40(57)47-31(21-27-13-15-28(52)16-14-27)38(55)46-30-18-20-34(54)51(41(30)58)37(23(2)3)42(59)50(6)32(39(56)49-35)22-26-11-9-8-10-12-26/h8-13,15,23-25,27-32,34-37,52,54H,7,14,16-22,45H2,1-6H3,(H,46,55)(H,47,57)(H,48,53)(H,49,56)(H,60,61)/t24-,25+,27?,28-,29?,30?,31-,32-,34+,35-,36-,37-/m0/s1. The summed E-state index contributed by atoms with van der Waals surface area (Å²) in [6.07, 6.45) is 0.0986. The number of allylic oxidation sites excluding steroid dienone is 1. The number of benzene rings is 1. The average Bonchev–Trinajstić information content (AvgIpc) is 3.24. The van der Waals surface area contributed by atoms with E-state index >= 15 is 0 Å². The zero-order chi connectivity index (χ0) is 46.7. The Labute approximate surface area is 367 Å². The molecule has 2 heterocycles. The van der Waals surface area contributed by atoms with Crippen LogP contribution >= 0.6 is 0 Å². The first-order chi connectivity index (χ1) is 29.7. The molecule has 9 N–H and O–H groups in total. The number of esters is 1. The highest BCUT2D eigenvalue weighted by Crippen LogP contribution is 2.27. The highest BCUT2D eigenvalue weighted by atomic mass is 16.5. The van der Waals surface area contributed by atoms with Gasteiger partial charge in [0.25, 0.3) is 0 Å². The summed E-state index contributed by atoms with van der Waals surface area (Å²) in [5, 5.41) is 41.4.